The van der Waals surface area contributed by atoms with Crippen LogP contribution in [0.15, 0.2) is 11.4 Å². The van der Waals surface area contributed by atoms with E-state index < -0.39 is 5.97 Å². The lowest BCUT2D eigenvalue weighted by molar-refractivity contribution is 0.0692. The Labute approximate surface area is 107 Å². The average molecular weight is 352 g/mol. The van der Waals surface area contributed by atoms with E-state index in [1.165, 1.54) is 11.3 Å². The summed E-state index contributed by atoms with van der Waals surface area (Å²) < 4.78 is 1.13. The smallest absolute Gasteiger partial charge is 0.357 e. The quantitative estimate of drug-likeness (QED) is 0.815. The van der Waals surface area contributed by atoms with Gasteiger partial charge in [0.2, 0.25) is 0 Å². The molecule has 0 amide bonds. The summed E-state index contributed by atoms with van der Waals surface area (Å²) in [6.07, 6.45) is 0. The number of thiophene rings is 1. The Kier molecular flexibility index (Phi) is 2.94. The van der Waals surface area contributed by atoms with Crippen molar-refractivity contribution >= 4 is 56.2 Å². The molecule has 0 saturated carbocycles. The number of nitrogens with zero attached hydrogens (tertiary/aromatic N) is 1. The molecule has 0 fully saturated rings. The van der Waals surface area contributed by atoms with E-state index >= 15 is 0 Å². The van der Waals surface area contributed by atoms with Crippen LogP contribution in [0.1, 0.15) is 10.5 Å². The number of hydrogen-bond donors (Lipinski definition) is 2. The summed E-state index contributed by atoms with van der Waals surface area (Å²) in [5.41, 5.74) is 6.43. The summed E-state index contributed by atoms with van der Waals surface area (Å²) in [6.45, 7) is 0. The first-order chi connectivity index (χ1) is 7.08. The molecule has 0 bridgehead atoms. The SMILES string of the molecule is Nc1sc(-c2csc(I)c2)nc1C(=O)O. The van der Waals surface area contributed by atoms with Gasteiger partial charge in [0.15, 0.2) is 5.69 Å². The van der Waals surface area contributed by atoms with Crippen LogP contribution < -0.4 is 5.73 Å². The second-order valence-corrected chi connectivity index (χ2v) is 6.51. The van der Waals surface area contributed by atoms with Gasteiger partial charge in [-0.2, -0.15) is 0 Å². The lowest BCUT2D eigenvalue weighted by Crippen LogP contribution is -2.00. The molecule has 15 heavy (non-hydrogen) atoms. The van der Waals surface area contributed by atoms with Crippen LogP contribution in [0.5, 0.6) is 0 Å². The molecule has 0 radical (unpaired) electrons. The van der Waals surface area contributed by atoms with E-state index in [1.807, 2.05) is 11.4 Å². The van der Waals surface area contributed by atoms with Crippen LogP contribution in [0, 0.1) is 2.88 Å². The van der Waals surface area contributed by atoms with Crippen LogP contribution in [-0.2, 0) is 0 Å². The maximum absolute atomic E-state index is 10.7. The lowest BCUT2D eigenvalue weighted by atomic mass is 10.3. The zero-order chi connectivity index (χ0) is 11.0. The van der Waals surface area contributed by atoms with Crippen molar-refractivity contribution in [1.82, 2.24) is 4.98 Å². The molecule has 0 aliphatic rings. The van der Waals surface area contributed by atoms with Crippen LogP contribution in [-0.4, -0.2) is 16.1 Å². The van der Waals surface area contributed by atoms with Crippen molar-refractivity contribution in [2.75, 3.05) is 5.73 Å². The van der Waals surface area contributed by atoms with Crippen molar-refractivity contribution in [1.29, 1.82) is 0 Å². The van der Waals surface area contributed by atoms with Gasteiger partial charge < -0.3 is 10.8 Å². The Bertz CT molecular complexity index is 520. The molecular weight excluding hydrogens is 347 g/mol. The predicted molar refractivity (Wildman–Crippen MR) is 69.5 cm³/mol. The largest absolute Gasteiger partial charge is 0.476 e. The number of halogens is 1. The van der Waals surface area contributed by atoms with Crippen molar-refractivity contribution < 1.29 is 9.90 Å². The molecule has 7 heteroatoms. The minimum atomic E-state index is -1.08. The molecule has 0 saturated heterocycles. The highest BCUT2D eigenvalue weighted by Crippen LogP contribution is 2.33. The van der Waals surface area contributed by atoms with E-state index in [-0.39, 0.29) is 10.7 Å². The number of thiazole rings is 1. The lowest BCUT2D eigenvalue weighted by Gasteiger charge is -1.86. The van der Waals surface area contributed by atoms with Crippen molar-refractivity contribution in [2.24, 2.45) is 0 Å². The van der Waals surface area contributed by atoms with Crippen LogP contribution in [0.4, 0.5) is 5.00 Å². The molecule has 2 heterocycles. The number of hydrogen-bond acceptors (Lipinski definition) is 5. The Morgan fingerprint density at radius 3 is 2.80 bits per heavy atom. The third-order valence-electron chi connectivity index (χ3n) is 1.67. The molecule has 78 valence electrons. The Balaban J connectivity index is 2.46. The number of anilines is 1. The standard InChI is InChI=1S/C8H5IN2O2S2/c9-4-1-3(2-14-4)7-11-5(8(12)13)6(10)15-7/h1-2H,10H2,(H,12,13). The number of aromatic carboxylic acids is 1. The molecule has 0 aliphatic heterocycles. The topological polar surface area (TPSA) is 76.2 Å². The van der Waals surface area contributed by atoms with E-state index in [0.717, 1.165) is 8.45 Å². The molecule has 0 aliphatic carbocycles. The zero-order valence-electron chi connectivity index (χ0n) is 7.23. The number of nitrogens with two attached hydrogens (primary N) is 1. The van der Waals surface area contributed by atoms with Gasteiger partial charge in [-0.3, -0.25) is 0 Å². The summed E-state index contributed by atoms with van der Waals surface area (Å²) in [7, 11) is 0. The van der Waals surface area contributed by atoms with Gasteiger partial charge in [0.05, 0.1) is 2.88 Å². The minimum absolute atomic E-state index is 0.0591. The highest BCUT2D eigenvalue weighted by molar-refractivity contribution is 14.1. The summed E-state index contributed by atoms with van der Waals surface area (Å²) in [5.74, 6) is -1.08. The van der Waals surface area contributed by atoms with Gasteiger partial charge in [-0.05, 0) is 28.7 Å². The Hall–Kier alpha value is -0.670. The molecule has 2 aromatic rings. The Morgan fingerprint density at radius 1 is 1.60 bits per heavy atom. The Morgan fingerprint density at radius 2 is 2.33 bits per heavy atom. The van der Waals surface area contributed by atoms with E-state index in [4.69, 9.17) is 10.8 Å². The van der Waals surface area contributed by atoms with Gasteiger partial charge in [0, 0.05) is 10.9 Å². The molecule has 3 N–H and O–H groups in total. The fourth-order valence-electron chi connectivity index (χ4n) is 1.03. The van der Waals surface area contributed by atoms with Gasteiger partial charge in [0.25, 0.3) is 0 Å². The molecular formula is C8H5IN2O2S2. The molecule has 0 unspecified atom stereocenters. The van der Waals surface area contributed by atoms with Crippen LogP contribution >= 0.6 is 45.3 Å². The molecule has 0 spiro atoms. The summed E-state index contributed by atoms with van der Waals surface area (Å²) in [6, 6.07) is 1.95. The third kappa shape index (κ3) is 2.13. The molecule has 0 atom stereocenters. The molecule has 2 rings (SSSR count). The number of rotatable bonds is 2. The number of carboxylic acid groups (broad SMARTS) is 1. The van der Waals surface area contributed by atoms with Crippen molar-refractivity contribution in [3.8, 4) is 10.6 Å². The molecule has 4 nitrogen and oxygen atoms in total. The fraction of sp³-hybridized carbons (Fsp3) is 0. The number of carbonyl (C=O) groups is 1. The highest BCUT2D eigenvalue weighted by atomic mass is 127. The first-order valence-corrected chi connectivity index (χ1v) is 6.59. The summed E-state index contributed by atoms with van der Waals surface area (Å²) in [5, 5.41) is 11.6. The van der Waals surface area contributed by atoms with E-state index in [2.05, 4.69) is 27.6 Å². The normalized spacial score (nSPS) is 10.5. The number of nitrogen functional groups attached to an aromatic ring is 1. The predicted octanol–water partition coefficient (Wildman–Crippen LogP) is 2.76. The van der Waals surface area contributed by atoms with Crippen LogP contribution in [0.25, 0.3) is 10.6 Å². The van der Waals surface area contributed by atoms with Crippen molar-refractivity contribution in [3.63, 3.8) is 0 Å². The number of carboxylic acids is 1. The second kappa shape index (κ2) is 4.06. The monoisotopic (exact) mass is 352 g/mol. The van der Waals surface area contributed by atoms with Gasteiger partial charge >= 0.3 is 5.97 Å². The van der Waals surface area contributed by atoms with Gasteiger partial charge in [-0.15, -0.1) is 11.3 Å². The molecule has 0 aromatic carbocycles. The maximum Gasteiger partial charge on any atom is 0.357 e. The summed E-state index contributed by atoms with van der Waals surface area (Å²) >= 11 is 4.99. The first kappa shape index (κ1) is 10.8. The van der Waals surface area contributed by atoms with Crippen LogP contribution in [0.3, 0.4) is 0 Å². The third-order valence-corrected chi connectivity index (χ3v) is 4.39. The van der Waals surface area contributed by atoms with Gasteiger partial charge in [-0.25, -0.2) is 9.78 Å². The average Bonchev–Trinajstić information content (AvgIpc) is 2.71. The maximum atomic E-state index is 10.7. The van der Waals surface area contributed by atoms with E-state index in [9.17, 15) is 4.79 Å². The van der Waals surface area contributed by atoms with E-state index in [1.54, 1.807) is 11.3 Å². The number of aromatic nitrogens is 1. The zero-order valence-corrected chi connectivity index (χ0v) is 11.0. The van der Waals surface area contributed by atoms with E-state index in [0.29, 0.717) is 5.01 Å². The second-order valence-electron chi connectivity index (χ2n) is 2.68. The van der Waals surface area contributed by atoms with Crippen LogP contribution in [0.2, 0.25) is 0 Å². The van der Waals surface area contributed by atoms with Crippen molar-refractivity contribution in [2.45, 2.75) is 0 Å². The van der Waals surface area contributed by atoms with Gasteiger partial charge in [0.1, 0.15) is 10.0 Å². The fourth-order valence-corrected chi connectivity index (χ4v) is 3.25. The van der Waals surface area contributed by atoms with Crippen molar-refractivity contribution in [3.05, 3.63) is 20.0 Å². The summed E-state index contributed by atoms with van der Waals surface area (Å²) in [4.78, 5) is 14.7. The van der Waals surface area contributed by atoms with Gasteiger partial charge in [-0.1, -0.05) is 11.3 Å². The molecule has 2 aromatic heterocycles. The minimum Gasteiger partial charge on any atom is -0.476 e. The highest BCUT2D eigenvalue weighted by Gasteiger charge is 2.16. The first-order valence-electron chi connectivity index (χ1n) is 3.82.